The van der Waals surface area contributed by atoms with Crippen molar-refractivity contribution < 1.29 is 14.9 Å². The molecule has 2 rings (SSSR count). The average Bonchev–Trinajstić information content (AvgIpc) is 2.66. The van der Waals surface area contributed by atoms with Crippen LogP contribution in [-0.4, -0.2) is 21.9 Å². The molecule has 1 aliphatic rings. The van der Waals surface area contributed by atoms with Crippen molar-refractivity contribution in [1.82, 2.24) is 0 Å². The van der Waals surface area contributed by atoms with E-state index >= 15 is 0 Å². The van der Waals surface area contributed by atoms with E-state index in [0.717, 1.165) is 24.0 Å². The second kappa shape index (κ2) is 4.25. The first kappa shape index (κ1) is 13.4. The van der Waals surface area contributed by atoms with Gasteiger partial charge in [-0.2, -0.15) is 0 Å². The SMILES string of the molecule is Cc1ccc([C@]2(C)CC[C@@H](C(C)(C)O)O2)cc1O. The molecule has 3 heteroatoms. The molecule has 2 N–H and O–H groups in total. The number of aryl methyl sites for hydroxylation is 1. The largest absolute Gasteiger partial charge is 0.508 e. The fraction of sp³-hybridized carbons (Fsp3) is 0.600. The van der Waals surface area contributed by atoms with Gasteiger partial charge in [0.05, 0.1) is 17.3 Å². The maximum atomic E-state index is 10.0. The van der Waals surface area contributed by atoms with Crippen LogP contribution in [0, 0.1) is 6.92 Å². The number of ether oxygens (including phenoxy) is 1. The molecule has 1 aliphatic heterocycles. The van der Waals surface area contributed by atoms with Gasteiger partial charge in [-0.25, -0.2) is 0 Å². The van der Waals surface area contributed by atoms with Crippen molar-refractivity contribution in [2.75, 3.05) is 0 Å². The highest BCUT2D eigenvalue weighted by molar-refractivity contribution is 5.38. The van der Waals surface area contributed by atoms with Crippen LogP contribution in [0.1, 0.15) is 44.7 Å². The van der Waals surface area contributed by atoms with E-state index in [1.807, 2.05) is 26.0 Å². The molecule has 0 amide bonds. The first-order chi connectivity index (χ1) is 8.22. The van der Waals surface area contributed by atoms with E-state index in [1.54, 1.807) is 19.9 Å². The van der Waals surface area contributed by atoms with Gasteiger partial charge in [0, 0.05) is 0 Å². The van der Waals surface area contributed by atoms with Crippen LogP contribution >= 0.6 is 0 Å². The first-order valence-corrected chi connectivity index (χ1v) is 6.43. The van der Waals surface area contributed by atoms with Crippen LogP contribution in [0.4, 0.5) is 0 Å². The Bertz CT molecular complexity index is 448. The molecule has 0 bridgehead atoms. The zero-order chi connectivity index (χ0) is 13.6. The van der Waals surface area contributed by atoms with E-state index in [9.17, 15) is 10.2 Å². The summed E-state index contributed by atoms with van der Waals surface area (Å²) >= 11 is 0. The van der Waals surface area contributed by atoms with Crippen LogP contribution in [0.25, 0.3) is 0 Å². The molecular formula is C15H22O3. The van der Waals surface area contributed by atoms with Crippen LogP contribution in [0.3, 0.4) is 0 Å². The Hall–Kier alpha value is -1.06. The summed E-state index contributed by atoms with van der Waals surface area (Å²) in [4.78, 5) is 0. The molecule has 100 valence electrons. The average molecular weight is 250 g/mol. The highest BCUT2D eigenvalue weighted by Crippen LogP contribution is 2.43. The topological polar surface area (TPSA) is 49.7 Å². The van der Waals surface area contributed by atoms with E-state index in [1.165, 1.54) is 0 Å². The van der Waals surface area contributed by atoms with Crippen LogP contribution in [0.2, 0.25) is 0 Å². The Morgan fingerprint density at radius 3 is 2.56 bits per heavy atom. The summed E-state index contributed by atoms with van der Waals surface area (Å²) in [7, 11) is 0. The summed E-state index contributed by atoms with van der Waals surface area (Å²) in [5.41, 5.74) is 0.581. The molecule has 18 heavy (non-hydrogen) atoms. The molecule has 0 unspecified atom stereocenters. The number of aromatic hydroxyl groups is 1. The van der Waals surface area contributed by atoms with Gasteiger partial charge in [0.2, 0.25) is 0 Å². The number of phenolic OH excluding ortho intramolecular Hbond substituents is 1. The Morgan fingerprint density at radius 1 is 1.39 bits per heavy atom. The summed E-state index contributed by atoms with van der Waals surface area (Å²) in [5, 5.41) is 19.8. The molecule has 2 atom stereocenters. The maximum Gasteiger partial charge on any atom is 0.118 e. The number of hydrogen-bond donors (Lipinski definition) is 2. The highest BCUT2D eigenvalue weighted by atomic mass is 16.5. The molecule has 0 aromatic heterocycles. The standard InChI is InChI=1S/C15H22O3/c1-10-5-6-11(9-12(10)16)15(4)8-7-13(18-15)14(2,3)17/h5-6,9,13,16-17H,7-8H2,1-4H3/t13-,15-/m0/s1. The van der Waals surface area contributed by atoms with E-state index in [4.69, 9.17) is 4.74 Å². The van der Waals surface area contributed by atoms with Gasteiger partial charge in [-0.1, -0.05) is 12.1 Å². The van der Waals surface area contributed by atoms with Gasteiger partial charge >= 0.3 is 0 Å². The summed E-state index contributed by atoms with van der Waals surface area (Å²) in [6, 6.07) is 5.65. The lowest BCUT2D eigenvalue weighted by atomic mass is 9.91. The number of hydrogen-bond acceptors (Lipinski definition) is 3. The summed E-state index contributed by atoms with van der Waals surface area (Å²) in [6.45, 7) is 7.44. The normalized spacial score (nSPS) is 28.6. The zero-order valence-corrected chi connectivity index (χ0v) is 11.5. The third-order valence-corrected chi connectivity index (χ3v) is 3.89. The minimum atomic E-state index is -0.829. The smallest absolute Gasteiger partial charge is 0.118 e. The maximum absolute atomic E-state index is 10.0. The summed E-state index contributed by atoms with van der Waals surface area (Å²) < 4.78 is 6.03. The van der Waals surface area contributed by atoms with Crippen molar-refractivity contribution in [2.24, 2.45) is 0 Å². The second-order valence-corrected chi connectivity index (χ2v) is 6.03. The third-order valence-electron chi connectivity index (χ3n) is 3.89. The lowest BCUT2D eigenvalue weighted by Gasteiger charge is -2.30. The second-order valence-electron chi connectivity index (χ2n) is 6.03. The lowest BCUT2D eigenvalue weighted by Crippen LogP contribution is -2.37. The first-order valence-electron chi connectivity index (χ1n) is 6.43. The van der Waals surface area contributed by atoms with Crippen molar-refractivity contribution in [3.05, 3.63) is 29.3 Å². The summed E-state index contributed by atoms with van der Waals surface area (Å²) in [5.74, 6) is 0.295. The fourth-order valence-electron chi connectivity index (χ4n) is 2.49. The minimum Gasteiger partial charge on any atom is -0.508 e. The zero-order valence-electron chi connectivity index (χ0n) is 11.5. The van der Waals surface area contributed by atoms with Gasteiger partial charge in [-0.15, -0.1) is 0 Å². The molecule has 0 radical (unpaired) electrons. The van der Waals surface area contributed by atoms with Crippen molar-refractivity contribution in [2.45, 2.75) is 57.8 Å². The van der Waals surface area contributed by atoms with Crippen molar-refractivity contribution in [3.8, 4) is 5.75 Å². The van der Waals surface area contributed by atoms with Crippen molar-refractivity contribution in [3.63, 3.8) is 0 Å². The lowest BCUT2D eigenvalue weighted by molar-refractivity contribution is -0.118. The molecule has 1 aromatic rings. The Balaban J connectivity index is 2.25. The molecular weight excluding hydrogens is 228 g/mol. The molecule has 3 nitrogen and oxygen atoms in total. The van der Waals surface area contributed by atoms with Crippen LogP contribution in [0.5, 0.6) is 5.75 Å². The van der Waals surface area contributed by atoms with Gasteiger partial charge in [0.15, 0.2) is 0 Å². The quantitative estimate of drug-likeness (QED) is 0.848. The van der Waals surface area contributed by atoms with Crippen LogP contribution in [0.15, 0.2) is 18.2 Å². The Kier molecular flexibility index (Phi) is 3.16. The van der Waals surface area contributed by atoms with Crippen molar-refractivity contribution >= 4 is 0 Å². The Labute approximate surface area is 108 Å². The predicted molar refractivity (Wildman–Crippen MR) is 70.6 cm³/mol. The highest BCUT2D eigenvalue weighted by Gasteiger charge is 2.43. The van der Waals surface area contributed by atoms with Gasteiger partial charge in [0.25, 0.3) is 0 Å². The number of phenols is 1. The molecule has 1 aromatic carbocycles. The predicted octanol–water partition coefficient (Wildman–Crippen LogP) is 2.87. The van der Waals surface area contributed by atoms with Gasteiger partial charge < -0.3 is 14.9 Å². The van der Waals surface area contributed by atoms with Crippen LogP contribution in [-0.2, 0) is 10.3 Å². The van der Waals surface area contributed by atoms with E-state index in [2.05, 4.69) is 0 Å². The molecule has 1 saturated heterocycles. The van der Waals surface area contributed by atoms with Gasteiger partial charge in [0.1, 0.15) is 5.75 Å². The minimum absolute atomic E-state index is 0.161. The number of rotatable bonds is 2. The molecule has 1 fully saturated rings. The van der Waals surface area contributed by atoms with Gasteiger partial charge in [-0.05, 0) is 57.7 Å². The Morgan fingerprint density at radius 2 is 2.06 bits per heavy atom. The molecule has 0 aliphatic carbocycles. The molecule has 0 saturated carbocycles. The van der Waals surface area contributed by atoms with Crippen LogP contribution < -0.4 is 0 Å². The van der Waals surface area contributed by atoms with E-state index < -0.39 is 11.2 Å². The fourth-order valence-corrected chi connectivity index (χ4v) is 2.49. The monoisotopic (exact) mass is 250 g/mol. The van der Waals surface area contributed by atoms with Crippen molar-refractivity contribution in [1.29, 1.82) is 0 Å². The van der Waals surface area contributed by atoms with E-state index in [-0.39, 0.29) is 6.10 Å². The van der Waals surface area contributed by atoms with Gasteiger partial charge in [-0.3, -0.25) is 0 Å². The van der Waals surface area contributed by atoms with E-state index in [0.29, 0.717) is 5.75 Å². The summed E-state index contributed by atoms with van der Waals surface area (Å²) in [6.07, 6.45) is 1.52. The number of aliphatic hydroxyl groups is 1. The molecule has 0 spiro atoms. The number of benzene rings is 1. The third kappa shape index (κ3) is 2.38. The molecule has 1 heterocycles.